The Bertz CT molecular complexity index is 1300. The van der Waals surface area contributed by atoms with Gasteiger partial charge in [0.1, 0.15) is 5.75 Å². The number of benzene rings is 1. The highest BCUT2D eigenvalue weighted by Gasteiger charge is 2.23. The van der Waals surface area contributed by atoms with E-state index in [1.807, 2.05) is 45.5 Å². The maximum Gasteiger partial charge on any atom is 0.226 e. The van der Waals surface area contributed by atoms with E-state index in [9.17, 15) is 5.11 Å². The van der Waals surface area contributed by atoms with Crippen molar-refractivity contribution in [1.29, 1.82) is 0 Å². The van der Waals surface area contributed by atoms with E-state index in [1.165, 1.54) is 0 Å². The highest BCUT2D eigenvalue weighted by atomic mass is 16.5. The minimum atomic E-state index is 0.111. The molecule has 1 atom stereocenters. The molecule has 0 bridgehead atoms. The molecular weight excluding hydrogens is 394 g/mol. The Kier molecular flexibility index (Phi) is 4.62. The second-order valence-corrected chi connectivity index (χ2v) is 7.98. The number of aromatic hydroxyl groups is 1. The monoisotopic (exact) mass is 419 g/mol. The highest BCUT2D eigenvalue weighted by Crippen LogP contribution is 2.37. The van der Waals surface area contributed by atoms with E-state index in [1.54, 1.807) is 11.8 Å². The van der Waals surface area contributed by atoms with Crippen LogP contribution in [0.4, 0.5) is 5.69 Å². The van der Waals surface area contributed by atoms with Gasteiger partial charge in [0, 0.05) is 43.3 Å². The van der Waals surface area contributed by atoms with Crippen molar-refractivity contribution < 1.29 is 9.84 Å². The number of fused-ring (bicyclic) bond motifs is 2. The van der Waals surface area contributed by atoms with Crippen LogP contribution >= 0.6 is 0 Å². The number of methoxy groups -OCH3 is 1. The number of nitrogens with zero attached hydrogens (tertiary/aromatic N) is 6. The summed E-state index contributed by atoms with van der Waals surface area (Å²) in [4.78, 5) is 16.2. The van der Waals surface area contributed by atoms with E-state index < -0.39 is 0 Å². The van der Waals surface area contributed by atoms with Crippen molar-refractivity contribution in [2.45, 2.75) is 19.4 Å². The molecule has 1 saturated heterocycles. The number of pyridine rings is 1. The molecule has 0 saturated carbocycles. The molecule has 1 aromatic carbocycles. The van der Waals surface area contributed by atoms with Crippen LogP contribution in [0, 0.1) is 6.92 Å². The molecule has 0 amide bonds. The number of likely N-dealkylation sites (N-methyl/N-ethyl adjacent to an activating group) is 1. The molecule has 5 rings (SSSR count). The second-order valence-electron chi connectivity index (χ2n) is 7.98. The maximum atomic E-state index is 10.8. The van der Waals surface area contributed by atoms with E-state index in [-0.39, 0.29) is 5.75 Å². The van der Waals surface area contributed by atoms with Crippen LogP contribution in [0.2, 0.25) is 0 Å². The second kappa shape index (κ2) is 7.35. The smallest absolute Gasteiger partial charge is 0.226 e. The number of phenolic OH excluding ortho intramolecular Hbond substituents is 1. The number of aromatic nitrogens is 5. The van der Waals surface area contributed by atoms with Crippen molar-refractivity contribution in [2.24, 2.45) is 7.05 Å². The molecule has 0 radical (unpaired) electrons. The van der Waals surface area contributed by atoms with Crippen LogP contribution in [0.3, 0.4) is 0 Å². The first-order chi connectivity index (χ1) is 15.0. The minimum absolute atomic E-state index is 0.111. The number of rotatable bonds is 4. The summed E-state index contributed by atoms with van der Waals surface area (Å²) in [6.45, 7) is 3.74. The zero-order valence-electron chi connectivity index (χ0n) is 18.0. The molecule has 31 heavy (non-hydrogen) atoms. The Morgan fingerprint density at radius 1 is 1.26 bits per heavy atom. The van der Waals surface area contributed by atoms with Crippen LogP contribution in [0.15, 0.2) is 24.5 Å². The summed E-state index contributed by atoms with van der Waals surface area (Å²) in [6, 6.07) is 4.35. The van der Waals surface area contributed by atoms with Gasteiger partial charge in [-0.05, 0) is 32.5 Å². The minimum Gasteiger partial charge on any atom is -0.507 e. The Balaban J connectivity index is 1.62. The van der Waals surface area contributed by atoms with Gasteiger partial charge in [0.25, 0.3) is 0 Å². The average Bonchev–Trinajstić information content (AvgIpc) is 3.41. The van der Waals surface area contributed by atoms with Crippen molar-refractivity contribution in [2.75, 3.05) is 32.1 Å². The lowest BCUT2D eigenvalue weighted by atomic mass is 10.1. The van der Waals surface area contributed by atoms with Crippen molar-refractivity contribution in [1.82, 2.24) is 30.0 Å². The van der Waals surface area contributed by atoms with Crippen LogP contribution < -0.4 is 15.0 Å². The molecule has 1 fully saturated rings. The Morgan fingerprint density at radius 2 is 2.10 bits per heavy atom. The molecular formula is C22H25N7O2. The van der Waals surface area contributed by atoms with E-state index in [0.29, 0.717) is 34.5 Å². The van der Waals surface area contributed by atoms with Gasteiger partial charge in [-0.1, -0.05) is 0 Å². The summed E-state index contributed by atoms with van der Waals surface area (Å²) in [5.41, 5.74) is 3.52. The van der Waals surface area contributed by atoms with Crippen molar-refractivity contribution in [3.8, 4) is 23.0 Å². The predicted molar refractivity (Wildman–Crippen MR) is 120 cm³/mol. The van der Waals surface area contributed by atoms with Crippen LogP contribution in [-0.2, 0) is 7.05 Å². The molecule has 1 aliphatic heterocycles. The fraction of sp³-hybridized carbons (Fsp3) is 0.364. The molecule has 0 unspecified atom stereocenters. The third-order valence-corrected chi connectivity index (χ3v) is 6.02. The molecule has 1 aliphatic rings. The van der Waals surface area contributed by atoms with Gasteiger partial charge in [0.15, 0.2) is 11.5 Å². The number of anilines is 1. The summed E-state index contributed by atoms with van der Waals surface area (Å²) in [6.07, 6.45) is 4.84. The van der Waals surface area contributed by atoms with E-state index in [4.69, 9.17) is 4.74 Å². The normalized spacial score (nSPS) is 16.5. The number of ether oxygens (including phenoxy) is 1. The number of hydrogen-bond acceptors (Lipinski definition) is 8. The third-order valence-electron chi connectivity index (χ3n) is 6.02. The van der Waals surface area contributed by atoms with Crippen LogP contribution in [-0.4, -0.2) is 63.1 Å². The summed E-state index contributed by atoms with van der Waals surface area (Å²) < 4.78 is 7.32. The molecule has 9 nitrogen and oxygen atoms in total. The van der Waals surface area contributed by atoms with Crippen molar-refractivity contribution >= 4 is 27.6 Å². The number of hydrogen-bond donors (Lipinski definition) is 2. The zero-order chi connectivity index (χ0) is 21.7. The first kappa shape index (κ1) is 19.5. The molecule has 0 spiro atoms. The first-order valence-corrected chi connectivity index (χ1v) is 10.3. The quantitative estimate of drug-likeness (QED) is 0.520. The van der Waals surface area contributed by atoms with Gasteiger partial charge < -0.3 is 20.1 Å². The van der Waals surface area contributed by atoms with E-state index >= 15 is 0 Å². The molecule has 2 N–H and O–H groups in total. The molecule has 160 valence electrons. The lowest BCUT2D eigenvalue weighted by Gasteiger charge is -2.19. The fourth-order valence-corrected chi connectivity index (χ4v) is 4.27. The lowest BCUT2D eigenvalue weighted by molar-refractivity contribution is 0.403. The van der Waals surface area contributed by atoms with Crippen molar-refractivity contribution in [3.05, 3.63) is 30.1 Å². The van der Waals surface area contributed by atoms with Gasteiger partial charge >= 0.3 is 0 Å². The topological polar surface area (TPSA) is 101 Å². The molecule has 0 aliphatic carbocycles. The largest absolute Gasteiger partial charge is 0.507 e. The molecule has 4 heterocycles. The standard InChI is InChI=1S/C22H25N7O2/c1-12-18-13(10-28(3)27-18)7-16(19(12)30)21-25-20-17(22(26-21)31-4)8-15(9-24-20)29-6-5-14(11-29)23-2/h7-10,14,23,30H,5-6,11H2,1-4H3/t14-/m0/s1. The fourth-order valence-electron chi connectivity index (χ4n) is 4.27. The van der Waals surface area contributed by atoms with Gasteiger partial charge in [0.2, 0.25) is 5.88 Å². The van der Waals surface area contributed by atoms with Crippen molar-refractivity contribution in [3.63, 3.8) is 0 Å². The first-order valence-electron chi connectivity index (χ1n) is 10.3. The van der Waals surface area contributed by atoms with E-state index in [0.717, 1.165) is 41.5 Å². The number of aryl methyl sites for hydroxylation is 2. The van der Waals surface area contributed by atoms with Gasteiger partial charge in [-0.3, -0.25) is 4.68 Å². The molecule has 3 aromatic heterocycles. The van der Waals surface area contributed by atoms with E-state index in [2.05, 4.69) is 30.3 Å². The SMILES string of the molecule is CN[C@H]1CCN(c2cnc3nc(-c4cc5cn(C)nc5c(C)c4O)nc(OC)c3c2)C1. The molecule has 4 aromatic rings. The third kappa shape index (κ3) is 3.21. The van der Waals surface area contributed by atoms with Crippen LogP contribution in [0.25, 0.3) is 33.3 Å². The average molecular weight is 419 g/mol. The van der Waals surface area contributed by atoms with Crippen LogP contribution in [0.5, 0.6) is 11.6 Å². The summed E-state index contributed by atoms with van der Waals surface area (Å²) >= 11 is 0. The highest BCUT2D eigenvalue weighted by molar-refractivity contribution is 5.91. The number of phenols is 1. The Morgan fingerprint density at radius 3 is 2.84 bits per heavy atom. The van der Waals surface area contributed by atoms with Crippen LogP contribution in [0.1, 0.15) is 12.0 Å². The molecule has 9 heteroatoms. The Hall–Kier alpha value is -3.46. The Labute approximate surface area is 179 Å². The van der Waals surface area contributed by atoms with Gasteiger partial charge in [-0.2, -0.15) is 10.1 Å². The summed E-state index contributed by atoms with van der Waals surface area (Å²) in [5.74, 6) is 0.911. The van der Waals surface area contributed by atoms with Gasteiger partial charge in [-0.15, -0.1) is 0 Å². The zero-order valence-corrected chi connectivity index (χ0v) is 18.0. The van der Waals surface area contributed by atoms with Gasteiger partial charge in [0.05, 0.1) is 35.5 Å². The maximum absolute atomic E-state index is 10.8. The summed E-state index contributed by atoms with van der Waals surface area (Å²) in [5, 5.41) is 20.2. The van der Waals surface area contributed by atoms with Gasteiger partial charge in [-0.25, -0.2) is 9.97 Å². The predicted octanol–water partition coefficient (Wildman–Crippen LogP) is 2.40. The summed E-state index contributed by atoms with van der Waals surface area (Å²) in [7, 11) is 5.43. The lowest BCUT2D eigenvalue weighted by Crippen LogP contribution is -2.29. The number of nitrogens with one attached hydrogen (secondary N) is 1.